The number of pyridine rings is 1. The molecule has 0 bridgehead atoms. The predicted octanol–water partition coefficient (Wildman–Crippen LogP) is 1.75. The molecule has 0 saturated carbocycles. The van der Waals surface area contributed by atoms with Gasteiger partial charge in [0.05, 0.1) is 16.8 Å². The number of anilines is 2. The minimum Gasteiger partial charge on any atom is -0.454 e. The van der Waals surface area contributed by atoms with Gasteiger partial charge in [0.25, 0.3) is 10.0 Å². The summed E-state index contributed by atoms with van der Waals surface area (Å²) >= 11 is 0. The van der Waals surface area contributed by atoms with Crippen molar-refractivity contribution in [3.63, 3.8) is 0 Å². The second-order valence-electron chi connectivity index (χ2n) is 6.44. The van der Waals surface area contributed by atoms with Crippen LogP contribution in [-0.2, 0) is 10.0 Å². The summed E-state index contributed by atoms with van der Waals surface area (Å²) in [7, 11) is -3.75. The smallest absolute Gasteiger partial charge is 0.263 e. The molecule has 4 rings (SSSR count). The number of hydrogen-bond donors (Lipinski definition) is 1. The largest absolute Gasteiger partial charge is 0.454 e. The van der Waals surface area contributed by atoms with Crippen LogP contribution in [0, 0.1) is 0 Å². The van der Waals surface area contributed by atoms with Crippen LogP contribution < -0.4 is 19.1 Å². The monoisotopic (exact) mass is 390 g/mol. The Kier molecular flexibility index (Phi) is 4.79. The highest BCUT2D eigenvalue weighted by Crippen LogP contribution is 2.34. The van der Waals surface area contributed by atoms with E-state index in [4.69, 9.17) is 9.47 Å². The van der Waals surface area contributed by atoms with Gasteiger partial charge in [-0.15, -0.1) is 0 Å². The van der Waals surface area contributed by atoms with Crippen LogP contribution in [0.5, 0.6) is 11.5 Å². The molecule has 2 aromatic rings. The zero-order valence-electron chi connectivity index (χ0n) is 15.1. The lowest BCUT2D eigenvalue weighted by molar-refractivity contribution is 0.174. The van der Waals surface area contributed by atoms with Gasteiger partial charge >= 0.3 is 0 Å². The Balaban J connectivity index is 1.45. The average Bonchev–Trinajstić information content (AvgIpc) is 3.16. The lowest BCUT2D eigenvalue weighted by Gasteiger charge is -2.35. The van der Waals surface area contributed by atoms with Crippen LogP contribution in [0.15, 0.2) is 41.4 Å². The summed E-state index contributed by atoms with van der Waals surface area (Å²) in [6.45, 7) is 7.26. The molecule has 1 saturated heterocycles. The number of benzene rings is 1. The second-order valence-corrected chi connectivity index (χ2v) is 8.13. The van der Waals surface area contributed by atoms with Gasteiger partial charge in [0.15, 0.2) is 11.5 Å². The first-order valence-corrected chi connectivity index (χ1v) is 10.4. The summed E-state index contributed by atoms with van der Waals surface area (Å²) < 4.78 is 38.2. The molecule has 9 heteroatoms. The van der Waals surface area contributed by atoms with Crippen LogP contribution in [-0.4, -0.2) is 57.8 Å². The molecule has 0 unspecified atom stereocenters. The number of likely N-dealkylation sites (N-methyl/N-ethyl adjacent to an activating group) is 1. The maximum absolute atomic E-state index is 12.6. The lowest BCUT2D eigenvalue weighted by Crippen LogP contribution is -2.46. The van der Waals surface area contributed by atoms with Gasteiger partial charge in [-0.1, -0.05) is 6.92 Å². The highest BCUT2D eigenvalue weighted by molar-refractivity contribution is 7.92. The molecular formula is C18H22N4O4S. The Hall–Kier alpha value is -2.52. The Bertz CT molecular complexity index is 909. The van der Waals surface area contributed by atoms with Gasteiger partial charge in [-0.25, -0.2) is 13.4 Å². The Morgan fingerprint density at radius 3 is 2.56 bits per heavy atom. The minimum atomic E-state index is -3.75. The number of aromatic nitrogens is 1. The molecule has 0 radical (unpaired) electrons. The molecule has 0 amide bonds. The van der Waals surface area contributed by atoms with E-state index in [-0.39, 0.29) is 17.5 Å². The van der Waals surface area contributed by atoms with Crippen molar-refractivity contribution in [2.75, 3.05) is 49.1 Å². The number of piperazine rings is 1. The normalized spacial score (nSPS) is 17.1. The number of ether oxygens (including phenoxy) is 2. The summed E-state index contributed by atoms with van der Waals surface area (Å²) in [5.41, 5.74) is 0.997. The Morgan fingerprint density at radius 1 is 1.07 bits per heavy atom. The molecule has 2 aliphatic heterocycles. The third kappa shape index (κ3) is 3.79. The fourth-order valence-electron chi connectivity index (χ4n) is 3.20. The van der Waals surface area contributed by atoms with E-state index in [1.54, 1.807) is 18.3 Å². The molecule has 1 aromatic carbocycles. The first-order valence-electron chi connectivity index (χ1n) is 8.91. The van der Waals surface area contributed by atoms with Crippen LogP contribution in [0.25, 0.3) is 0 Å². The molecule has 1 N–H and O–H groups in total. The van der Waals surface area contributed by atoms with E-state index in [9.17, 15) is 8.42 Å². The Labute approximate surface area is 158 Å². The SMILES string of the molecule is CCN1CCN(c2ccc(NS(=O)(=O)c3ccc4c(c3)OCO4)nc2)CC1. The first kappa shape index (κ1) is 17.9. The van der Waals surface area contributed by atoms with E-state index in [0.717, 1.165) is 38.4 Å². The van der Waals surface area contributed by atoms with E-state index in [2.05, 4.69) is 26.4 Å². The van der Waals surface area contributed by atoms with Gasteiger partial charge in [0.2, 0.25) is 6.79 Å². The van der Waals surface area contributed by atoms with Crippen molar-refractivity contribution in [3.05, 3.63) is 36.5 Å². The molecule has 0 aliphatic carbocycles. The van der Waals surface area contributed by atoms with Gasteiger partial charge in [-0.05, 0) is 30.8 Å². The van der Waals surface area contributed by atoms with Gasteiger partial charge in [-0.3, -0.25) is 4.72 Å². The molecule has 1 aromatic heterocycles. The standard InChI is InChI=1S/C18H22N4O4S/c1-2-21-7-9-22(10-8-21)14-3-6-18(19-12-14)20-27(23,24)15-4-5-16-17(11-15)26-13-25-16/h3-6,11-12H,2,7-10,13H2,1H3,(H,19,20). The van der Waals surface area contributed by atoms with E-state index >= 15 is 0 Å². The lowest BCUT2D eigenvalue weighted by atomic mass is 10.3. The van der Waals surface area contributed by atoms with E-state index in [1.807, 2.05) is 6.07 Å². The van der Waals surface area contributed by atoms with Crippen molar-refractivity contribution in [1.29, 1.82) is 0 Å². The van der Waals surface area contributed by atoms with Gasteiger partial charge in [0, 0.05) is 32.2 Å². The number of fused-ring (bicyclic) bond motifs is 1. The topological polar surface area (TPSA) is 84.0 Å². The zero-order valence-corrected chi connectivity index (χ0v) is 15.9. The highest BCUT2D eigenvalue weighted by Gasteiger charge is 2.21. The maximum Gasteiger partial charge on any atom is 0.263 e. The van der Waals surface area contributed by atoms with Crippen molar-refractivity contribution in [2.24, 2.45) is 0 Å². The summed E-state index contributed by atoms with van der Waals surface area (Å²) in [5, 5.41) is 0. The summed E-state index contributed by atoms with van der Waals surface area (Å²) in [4.78, 5) is 9.04. The molecule has 2 aliphatic rings. The predicted molar refractivity (Wildman–Crippen MR) is 102 cm³/mol. The van der Waals surface area contributed by atoms with Crippen LogP contribution in [0.1, 0.15) is 6.92 Å². The minimum absolute atomic E-state index is 0.0990. The number of sulfonamides is 1. The molecular weight excluding hydrogens is 368 g/mol. The van der Waals surface area contributed by atoms with Crippen molar-refractivity contribution in [3.8, 4) is 11.5 Å². The quantitative estimate of drug-likeness (QED) is 0.833. The fourth-order valence-corrected chi connectivity index (χ4v) is 4.22. The van der Waals surface area contributed by atoms with Crippen LogP contribution in [0.2, 0.25) is 0 Å². The number of rotatable bonds is 5. The van der Waals surface area contributed by atoms with Crippen molar-refractivity contribution in [2.45, 2.75) is 11.8 Å². The summed E-state index contributed by atoms with van der Waals surface area (Å²) in [5.74, 6) is 1.25. The molecule has 0 spiro atoms. The zero-order chi connectivity index (χ0) is 18.9. The Morgan fingerprint density at radius 2 is 1.85 bits per heavy atom. The second kappa shape index (κ2) is 7.24. The number of hydrogen-bond acceptors (Lipinski definition) is 7. The van der Waals surface area contributed by atoms with Gasteiger partial charge in [-0.2, -0.15) is 0 Å². The third-order valence-corrected chi connectivity index (χ3v) is 6.18. The van der Waals surface area contributed by atoms with E-state index in [0.29, 0.717) is 11.5 Å². The molecule has 0 atom stereocenters. The summed E-state index contributed by atoms with van der Waals surface area (Å²) in [6, 6.07) is 8.10. The van der Waals surface area contributed by atoms with Crippen LogP contribution in [0.4, 0.5) is 11.5 Å². The molecule has 3 heterocycles. The summed E-state index contributed by atoms with van der Waals surface area (Å²) in [6.07, 6.45) is 1.71. The van der Waals surface area contributed by atoms with Crippen molar-refractivity contribution >= 4 is 21.5 Å². The third-order valence-electron chi connectivity index (χ3n) is 4.83. The molecule has 27 heavy (non-hydrogen) atoms. The molecule has 8 nitrogen and oxygen atoms in total. The van der Waals surface area contributed by atoms with E-state index < -0.39 is 10.0 Å². The van der Waals surface area contributed by atoms with Crippen LogP contribution >= 0.6 is 0 Å². The number of nitrogens with one attached hydrogen (secondary N) is 1. The highest BCUT2D eigenvalue weighted by atomic mass is 32.2. The molecule has 1 fully saturated rings. The maximum atomic E-state index is 12.6. The molecule has 144 valence electrons. The number of nitrogens with zero attached hydrogens (tertiary/aromatic N) is 3. The van der Waals surface area contributed by atoms with Crippen molar-refractivity contribution < 1.29 is 17.9 Å². The van der Waals surface area contributed by atoms with Gasteiger partial charge in [0.1, 0.15) is 5.82 Å². The fraction of sp³-hybridized carbons (Fsp3) is 0.389. The first-order chi connectivity index (χ1) is 13.0. The van der Waals surface area contributed by atoms with E-state index in [1.165, 1.54) is 12.1 Å². The van der Waals surface area contributed by atoms with Crippen LogP contribution in [0.3, 0.4) is 0 Å². The average molecular weight is 390 g/mol. The van der Waals surface area contributed by atoms with Crippen molar-refractivity contribution in [1.82, 2.24) is 9.88 Å². The van der Waals surface area contributed by atoms with Gasteiger partial charge < -0.3 is 19.3 Å².